The fourth-order valence-corrected chi connectivity index (χ4v) is 3.76. The molecule has 1 aliphatic rings. The second-order valence-corrected chi connectivity index (χ2v) is 7.18. The molecule has 0 fully saturated rings. The number of benzene rings is 2. The van der Waals surface area contributed by atoms with Crippen LogP contribution in [-0.4, -0.2) is 40.5 Å². The second-order valence-electron chi connectivity index (χ2n) is 6.75. The first-order valence-electron chi connectivity index (χ1n) is 9.21. The van der Waals surface area contributed by atoms with Crippen LogP contribution in [0.3, 0.4) is 0 Å². The van der Waals surface area contributed by atoms with Crippen LogP contribution in [0, 0.1) is 5.82 Å². The zero-order chi connectivity index (χ0) is 21.3. The van der Waals surface area contributed by atoms with Crippen molar-refractivity contribution in [2.24, 2.45) is 0 Å². The standard InChI is InChI=1S/C21H18ClFN4O3/c1-30-20(28)14-4-2-3-5-16(14)26-21(29)27-9-8-17-18(25-11-24-17)19(27)13-7-6-12(22)10-15(13)23/h2-7,10-11,19H,8-9H2,1H3,(H,24,25)(H,26,29). The van der Waals surface area contributed by atoms with Gasteiger partial charge in [-0.2, -0.15) is 0 Å². The number of ether oxygens (including phenoxy) is 1. The molecular formula is C21H18ClFN4O3. The number of H-pyrrole nitrogens is 1. The molecule has 9 heteroatoms. The summed E-state index contributed by atoms with van der Waals surface area (Å²) in [5.74, 6) is -1.10. The summed E-state index contributed by atoms with van der Waals surface area (Å²) >= 11 is 5.90. The van der Waals surface area contributed by atoms with Gasteiger partial charge in [0, 0.05) is 29.2 Å². The van der Waals surface area contributed by atoms with Crippen LogP contribution in [0.25, 0.3) is 0 Å². The van der Waals surface area contributed by atoms with Crippen LogP contribution in [0.2, 0.25) is 5.02 Å². The highest BCUT2D eigenvalue weighted by molar-refractivity contribution is 6.30. The molecule has 0 aliphatic carbocycles. The van der Waals surface area contributed by atoms with E-state index in [2.05, 4.69) is 15.3 Å². The molecule has 2 N–H and O–H groups in total. The molecule has 2 amide bonds. The van der Waals surface area contributed by atoms with E-state index in [-0.39, 0.29) is 16.1 Å². The Balaban J connectivity index is 1.71. The highest BCUT2D eigenvalue weighted by Gasteiger charge is 2.36. The van der Waals surface area contributed by atoms with Crippen molar-refractivity contribution in [3.63, 3.8) is 0 Å². The van der Waals surface area contributed by atoms with Crippen LogP contribution >= 0.6 is 11.6 Å². The zero-order valence-corrected chi connectivity index (χ0v) is 16.7. The van der Waals surface area contributed by atoms with E-state index in [0.717, 1.165) is 5.69 Å². The van der Waals surface area contributed by atoms with Crippen molar-refractivity contribution in [2.75, 3.05) is 19.0 Å². The quantitative estimate of drug-likeness (QED) is 0.613. The lowest BCUT2D eigenvalue weighted by Gasteiger charge is -2.35. The molecule has 3 aromatic rings. The number of hydrogen-bond acceptors (Lipinski definition) is 4. The van der Waals surface area contributed by atoms with Gasteiger partial charge in [-0.15, -0.1) is 0 Å². The van der Waals surface area contributed by atoms with Crippen LogP contribution in [0.5, 0.6) is 0 Å². The lowest BCUT2D eigenvalue weighted by atomic mass is 9.95. The third kappa shape index (κ3) is 3.61. The summed E-state index contributed by atoms with van der Waals surface area (Å²) in [6, 6.07) is 9.62. The number of fused-ring (bicyclic) bond motifs is 1. The smallest absolute Gasteiger partial charge is 0.339 e. The third-order valence-electron chi connectivity index (χ3n) is 5.02. The Kier molecular flexibility index (Phi) is 5.41. The number of anilines is 1. The number of urea groups is 1. The number of nitrogens with zero attached hydrogens (tertiary/aromatic N) is 2. The Hall–Kier alpha value is -3.39. The van der Waals surface area contributed by atoms with Gasteiger partial charge in [-0.1, -0.05) is 29.8 Å². The van der Waals surface area contributed by atoms with Crippen molar-refractivity contribution < 1.29 is 18.7 Å². The number of para-hydroxylation sites is 1. The van der Waals surface area contributed by atoms with Crippen LogP contribution in [-0.2, 0) is 11.2 Å². The molecule has 0 bridgehead atoms. The van der Waals surface area contributed by atoms with Crippen LogP contribution in [0.15, 0.2) is 48.8 Å². The van der Waals surface area contributed by atoms with Crippen molar-refractivity contribution in [1.29, 1.82) is 0 Å². The molecular weight excluding hydrogens is 411 g/mol. The molecule has 1 atom stereocenters. The van der Waals surface area contributed by atoms with Gasteiger partial charge in [-0.25, -0.2) is 19.0 Å². The summed E-state index contributed by atoms with van der Waals surface area (Å²) in [4.78, 5) is 34.1. The highest BCUT2D eigenvalue weighted by Crippen LogP contribution is 2.36. The number of esters is 1. The topological polar surface area (TPSA) is 87.3 Å². The number of aromatic amines is 1. The maximum absolute atomic E-state index is 14.8. The highest BCUT2D eigenvalue weighted by atomic mass is 35.5. The number of amides is 2. The summed E-state index contributed by atoms with van der Waals surface area (Å²) in [5, 5.41) is 3.01. The number of aromatic nitrogens is 2. The lowest BCUT2D eigenvalue weighted by Crippen LogP contribution is -2.43. The van der Waals surface area contributed by atoms with Crippen molar-refractivity contribution in [2.45, 2.75) is 12.5 Å². The maximum atomic E-state index is 14.8. The van der Waals surface area contributed by atoms with Crippen molar-refractivity contribution in [3.05, 3.63) is 82.1 Å². The van der Waals surface area contributed by atoms with E-state index in [1.165, 1.54) is 24.4 Å². The number of carbonyl (C=O) groups is 2. The number of rotatable bonds is 3. The van der Waals surface area contributed by atoms with Crippen LogP contribution in [0.1, 0.15) is 33.4 Å². The second kappa shape index (κ2) is 8.16. The van der Waals surface area contributed by atoms with Crippen LogP contribution < -0.4 is 5.32 Å². The van der Waals surface area contributed by atoms with E-state index in [0.29, 0.717) is 24.3 Å². The van der Waals surface area contributed by atoms with E-state index < -0.39 is 23.9 Å². The largest absolute Gasteiger partial charge is 0.465 e. The van der Waals surface area contributed by atoms with Crippen molar-refractivity contribution in [1.82, 2.24) is 14.9 Å². The van der Waals surface area contributed by atoms with E-state index in [9.17, 15) is 14.0 Å². The molecule has 1 unspecified atom stereocenters. The average Bonchev–Trinajstić information content (AvgIpc) is 3.22. The van der Waals surface area contributed by atoms with Gasteiger partial charge in [0.2, 0.25) is 0 Å². The first kappa shape index (κ1) is 19.9. The molecule has 0 saturated carbocycles. The summed E-state index contributed by atoms with van der Waals surface area (Å²) in [6.45, 7) is 0.328. The molecule has 0 saturated heterocycles. The normalized spacial score (nSPS) is 15.4. The molecule has 1 aliphatic heterocycles. The number of methoxy groups -OCH3 is 1. The van der Waals surface area contributed by atoms with Crippen LogP contribution in [0.4, 0.5) is 14.9 Å². The fraction of sp³-hybridized carbons (Fsp3) is 0.190. The minimum Gasteiger partial charge on any atom is -0.465 e. The summed E-state index contributed by atoms with van der Waals surface area (Å²) in [6.07, 6.45) is 2.06. The molecule has 2 aromatic carbocycles. The number of hydrogen-bond donors (Lipinski definition) is 2. The van der Waals surface area contributed by atoms with Gasteiger partial charge in [0.25, 0.3) is 0 Å². The molecule has 0 spiro atoms. The predicted octanol–water partition coefficient (Wildman–Crippen LogP) is 4.17. The molecule has 2 heterocycles. The first-order valence-corrected chi connectivity index (χ1v) is 9.59. The molecule has 0 radical (unpaired) electrons. The van der Waals surface area contributed by atoms with Gasteiger partial charge < -0.3 is 19.9 Å². The number of nitrogens with one attached hydrogen (secondary N) is 2. The Morgan fingerprint density at radius 2 is 2.10 bits per heavy atom. The minimum absolute atomic E-state index is 0.222. The van der Waals surface area contributed by atoms with Gasteiger partial charge in [0.05, 0.1) is 30.4 Å². The third-order valence-corrected chi connectivity index (χ3v) is 5.25. The molecule has 1 aromatic heterocycles. The molecule has 30 heavy (non-hydrogen) atoms. The van der Waals surface area contributed by atoms with Crippen molar-refractivity contribution in [3.8, 4) is 0 Å². The average molecular weight is 429 g/mol. The number of halogens is 2. The van der Waals surface area contributed by atoms with Gasteiger partial charge in [0.15, 0.2) is 0 Å². The van der Waals surface area contributed by atoms with Crippen molar-refractivity contribution >= 4 is 29.3 Å². The molecule has 7 nitrogen and oxygen atoms in total. The SMILES string of the molecule is COC(=O)c1ccccc1NC(=O)N1CCc2[nH]cnc2C1c1ccc(Cl)cc1F. The Bertz CT molecular complexity index is 1120. The first-order chi connectivity index (χ1) is 14.5. The van der Waals surface area contributed by atoms with Gasteiger partial charge >= 0.3 is 12.0 Å². The summed E-state index contributed by atoms with van der Waals surface area (Å²) in [5.41, 5.74) is 2.22. The fourth-order valence-electron chi connectivity index (χ4n) is 3.60. The predicted molar refractivity (Wildman–Crippen MR) is 109 cm³/mol. The maximum Gasteiger partial charge on any atom is 0.339 e. The Morgan fingerprint density at radius 3 is 2.87 bits per heavy atom. The number of carbonyl (C=O) groups excluding carboxylic acids is 2. The summed E-state index contributed by atoms with van der Waals surface area (Å²) in [7, 11) is 1.27. The van der Waals surface area contributed by atoms with Gasteiger partial charge in [-0.05, 0) is 24.3 Å². The minimum atomic E-state index is -0.748. The zero-order valence-electron chi connectivity index (χ0n) is 16.0. The Labute approximate surface area is 176 Å². The van der Waals surface area contributed by atoms with E-state index in [1.807, 2.05) is 0 Å². The van der Waals surface area contributed by atoms with Gasteiger partial charge in [0.1, 0.15) is 11.9 Å². The van der Waals surface area contributed by atoms with Gasteiger partial charge in [-0.3, -0.25) is 0 Å². The monoisotopic (exact) mass is 428 g/mol. The number of imidazole rings is 1. The van der Waals surface area contributed by atoms with E-state index >= 15 is 0 Å². The molecule has 154 valence electrons. The molecule has 4 rings (SSSR count). The van der Waals surface area contributed by atoms with E-state index in [4.69, 9.17) is 16.3 Å². The summed E-state index contributed by atoms with van der Waals surface area (Å²) < 4.78 is 19.6. The Morgan fingerprint density at radius 1 is 1.30 bits per heavy atom. The lowest BCUT2D eigenvalue weighted by molar-refractivity contribution is 0.0602. The van der Waals surface area contributed by atoms with E-state index in [1.54, 1.807) is 36.4 Å².